The number of likely N-dealkylation sites (tertiary alicyclic amines) is 1. The van der Waals surface area contributed by atoms with Crippen LogP contribution in [0.2, 0.25) is 0 Å². The Hall–Kier alpha value is -1.87. The quantitative estimate of drug-likeness (QED) is 0.644. The first-order chi connectivity index (χ1) is 16.2. The van der Waals surface area contributed by atoms with Crippen LogP contribution in [0.1, 0.15) is 69.8 Å². The first-order valence-electron chi connectivity index (χ1n) is 12.7. The molecule has 0 bridgehead atoms. The molecule has 2 aliphatic carbocycles. The fraction of sp³-hybridized carbons (Fsp3) is 0.720. The molecule has 4 aliphatic rings. The maximum absolute atomic E-state index is 14.2. The summed E-state index contributed by atoms with van der Waals surface area (Å²) in [5.41, 5.74) is 1.11. The molecule has 1 N–H and O–H groups in total. The third-order valence-electron chi connectivity index (χ3n) is 8.46. The zero-order valence-electron chi connectivity index (χ0n) is 20.0. The van der Waals surface area contributed by atoms with Crippen molar-refractivity contribution >= 4 is 21.8 Å². The highest BCUT2D eigenvalue weighted by atomic mass is 32.2. The molecular formula is C25H36FN3O4S. The number of alkyl carbamates (subject to hydrolysis) is 1. The van der Waals surface area contributed by atoms with E-state index in [1.165, 1.54) is 22.7 Å². The third kappa shape index (κ3) is 4.78. The van der Waals surface area contributed by atoms with Crippen molar-refractivity contribution in [2.75, 3.05) is 30.2 Å². The Morgan fingerprint density at radius 3 is 2.53 bits per heavy atom. The number of hydrogen-bond acceptors (Lipinski definition) is 5. The zero-order chi connectivity index (χ0) is 23.9. The van der Waals surface area contributed by atoms with Gasteiger partial charge in [0.25, 0.3) is 0 Å². The highest BCUT2D eigenvalue weighted by molar-refractivity contribution is 7.92. The van der Waals surface area contributed by atoms with Crippen molar-refractivity contribution in [1.29, 1.82) is 0 Å². The number of rotatable bonds is 4. The van der Waals surface area contributed by atoms with Gasteiger partial charge in [0.1, 0.15) is 11.9 Å². The minimum atomic E-state index is -3.42. The molecule has 2 heterocycles. The van der Waals surface area contributed by atoms with Gasteiger partial charge >= 0.3 is 6.09 Å². The molecule has 2 unspecified atom stereocenters. The Labute approximate surface area is 202 Å². The smallest absolute Gasteiger partial charge is 0.407 e. The lowest BCUT2D eigenvalue weighted by molar-refractivity contribution is 0.0485. The van der Waals surface area contributed by atoms with Crippen LogP contribution in [0.15, 0.2) is 18.2 Å². The predicted molar refractivity (Wildman–Crippen MR) is 129 cm³/mol. The Balaban J connectivity index is 1.24. The number of amides is 1. The van der Waals surface area contributed by atoms with Crippen LogP contribution in [-0.2, 0) is 20.2 Å². The molecule has 0 aromatic heterocycles. The van der Waals surface area contributed by atoms with Crippen LogP contribution in [0.3, 0.4) is 0 Å². The van der Waals surface area contributed by atoms with E-state index in [4.69, 9.17) is 4.74 Å². The molecule has 188 valence electrons. The van der Waals surface area contributed by atoms with Crippen LogP contribution in [0.25, 0.3) is 0 Å². The monoisotopic (exact) mass is 493 g/mol. The molecule has 2 saturated carbocycles. The summed E-state index contributed by atoms with van der Waals surface area (Å²) in [6.07, 6.45) is 10.9. The van der Waals surface area contributed by atoms with Crippen LogP contribution in [0.5, 0.6) is 0 Å². The number of fused-ring (bicyclic) bond motifs is 2. The molecule has 1 spiro atoms. The number of halogens is 1. The van der Waals surface area contributed by atoms with Crippen LogP contribution >= 0.6 is 0 Å². The molecule has 9 heteroatoms. The second-order valence-corrected chi connectivity index (χ2v) is 12.6. The number of piperidine rings is 1. The molecule has 5 rings (SSSR count). The first-order valence-corrected chi connectivity index (χ1v) is 14.6. The van der Waals surface area contributed by atoms with Gasteiger partial charge in [-0.1, -0.05) is 12.8 Å². The summed E-state index contributed by atoms with van der Waals surface area (Å²) >= 11 is 0. The van der Waals surface area contributed by atoms with E-state index in [0.717, 1.165) is 82.9 Å². The van der Waals surface area contributed by atoms with Gasteiger partial charge in [0, 0.05) is 24.0 Å². The Kier molecular flexibility index (Phi) is 6.52. The highest BCUT2D eigenvalue weighted by Gasteiger charge is 2.48. The molecule has 1 aromatic rings. The summed E-state index contributed by atoms with van der Waals surface area (Å²) in [6, 6.07) is 5.00. The summed E-state index contributed by atoms with van der Waals surface area (Å²) in [6.45, 7) is 2.08. The molecule has 1 amide bonds. The molecule has 2 aliphatic heterocycles. The minimum absolute atomic E-state index is 0.0884. The van der Waals surface area contributed by atoms with Gasteiger partial charge in [-0.15, -0.1) is 0 Å². The number of carbonyl (C=O) groups excluding carboxylic acids is 1. The fourth-order valence-corrected chi connectivity index (χ4v) is 7.27. The van der Waals surface area contributed by atoms with Crippen molar-refractivity contribution in [2.45, 2.75) is 87.8 Å². The van der Waals surface area contributed by atoms with E-state index in [0.29, 0.717) is 18.3 Å². The van der Waals surface area contributed by atoms with Gasteiger partial charge in [-0.05, 0) is 88.2 Å². The second-order valence-electron chi connectivity index (χ2n) is 10.7. The van der Waals surface area contributed by atoms with Gasteiger partial charge in [0.15, 0.2) is 0 Å². The Morgan fingerprint density at radius 2 is 1.85 bits per heavy atom. The lowest BCUT2D eigenvalue weighted by atomic mass is 9.74. The number of hydrogen-bond donors (Lipinski definition) is 1. The van der Waals surface area contributed by atoms with E-state index < -0.39 is 10.0 Å². The number of carbonyl (C=O) groups is 1. The number of nitrogens with one attached hydrogen (secondary N) is 1. The molecular weight excluding hydrogens is 457 g/mol. The lowest BCUT2D eigenvalue weighted by Crippen LogP contribution is -2.50. The van der Waals surface area contributed by atoms with Gasteiger partial charge in [-0.25, -0.2) is 17.6 Å². The van der Waals surface area contributed by atoms with Crippen LogP contribution in [0.4, 0.5) is 14.9 Å². The maximum atomic E-state index is 14.2. The number of benzene rings is 1. The summed E-state index contributed by atoms with van der Waals surface area (Å²) < 4.78 is 46.0. The number of sulfonamides is 1. The number of nitrogens with zero attached hydrogens (tertiary/aromatic N) is 2. The van der Waals surface area contributed by atoms with Gasteiger partial charge in [-0.3, -0.25) is 4.31 Å². The standard InChI is InChI=1S/C25H36FN3O4S/c1-34(31,32)29-17-25(22-15-18(26)9-10-23(22)29)11-13-28(14-12-25)20-6-3-2-5-19(16-20)27-24(30)33-21-7-4-8-21/h9-10,15,19-21H,2-8,11-14,16-17H2,1H3,(H,27,30). The largest absolute Gasteiger partial charge is 0.446 e. The second kappa shape index (κ2) is 9.30. The topological polar surface area (TPSA) is 79.0 Å². The van der Waals surface area contributed by atoms with Crippen molar-refractivity contribution < 1.29 is 22.3 Å². The Morgan fingerprint density at radius 1 is 1.12 bits per heavy atom. The van der Waals surface area contributed by atoms with E-state index in [-0.39, 0.29) is 29.5 Å². The van der Waals surface area contributed by atoms with Gasteiger partial charge in [0.2, 0.25) is 10.0 Å². The van der Waals surface area contributed by atoms with Crippen LogP contribution in [0, 0.1) is 5.82 Å². The highest BCUT2D eigenvalue weighted by Crippen LogP contribution is 2.48. The van der Waals surface area contributed by atoms with Gasteiger partial charge < -0.3 is 15.0 Å². The summed E-state index contributed by atoms with van der Waals surface area (Å²) in [5.74, 6) is -0.317. The zero-order valence-corrected chi connectivity index (χ0v) is 20.8. The van der Waals surface area contributed by atoms with Crippen LogP contribution in [-0.4, -0.2) is 63.5 Å². The number of anilines is 1. The summed E-state index contributed by atoms with van der Waals surface area (Å²) in [4.78, 5) is 14.8. The molecule has 3 fully saturated rings. The van der Waals surface area contributed by atoms with Crippen molar-refractivity contribution in [2.24, 2.45) is 0 Å². The summed E-state index contributed by atoms with van der Waals surface area (Å²) in [5, 5.41) is 3.11. The van der Waals surface area contributed by atoms with E-state index in [9.17, 15) is 17.6 Å². The molecule has 1 aromatic carbocycles. The minimum Gasteiger partial charge on any atom is -0.446 e. The van der Waals surface area contributed by atoms with E-state index >= 15 is 0 Å². The molecule has 34 heavy (non-hydrogen) atoms. The van der Waals surface area contributed by atoms with E-state index in [2.05, 4.69) is 10.2 Å². The van der Waals surface area contributed by atoms with E-state index in [1.807, 2.05) is 0 Å². The molecule has 1 saturated heterocycles. The SMILES string of the molecule is CS(=O)(=O)N1CC2(CCN(C3CCCCC(NC(=O)OC4CCC4)C3)CC2)c2cc(F)ccc21. The molecule has 2 atom stereocenters. The van der Waals surface area contributed by atoms with Crippen molar-refractivity contribution in [3.8, 4) is 0 Å². The van der Waals surface area contributed by atoms with Crippen molar-refractivity contribution in [3.63, 3.8) is 0 Å². The fourth-order valence-electron chi connectivity index (χ4n) is 6.27. The average Bonchev–Trinajstić information content (AvgIpc) is 2.91. The Bertz CT molecular complexity index is 1020. The first kappa shape index (κ1) is 23.9. The molecule has 0 radical (unpaired) electrons. The average molecular weight is 494 g/mol. The maximum Gasteiger partial charge on any atom is 0.407 e. The number of ether oxygens (including phenoxy) is 1. The molecule has 7 nitrogen and oxygen atoms in total. The van der Waals surface area contributed by atoms with Crippen molar-refractivity contribution in [3.05, 3.63) is 29.6 Å². The lowest BCUT2D eigenvalue weighted by Gasteiger charge is -2.43. The van der Waals surface area contributed by atoms with Crippen LogP contribution < -0.4 is 9.62 Å². The summed E-state index contributed by atoms with van der Waals surface area (Å²) in [7, 11) is -3.42. The predicted octanol–water partition coefficient (Wildman–Crippen LogP) is 3.92. The third-order valence-corrected chi connectivity index (χ3v) is 9.59. The normalized spacial score (nSPS) is 27.6. The van der Waals surface area contributed by atoms with Gasteiger partial charge in [0.05, 0.1) is 11.9 Å². The van der Waals surface area contributed by atoms with E-state index in [1.54, 1.807) is 6.07 Å². The van der Waals surface area contributed by atoms with Crippen molar-refractivity contribution in [1.82, 2.24) is 10.2 Å². The van der Waals surface area contributed by atoms with Gasteiger partial charge in [-0.2, -0.15) is 0 Å².